The zero-order chi connectivity index (χ0) is 23.5. The number of fused-ring (bicyclic) bond motifs is 3. The van der Waals surface area contributed by atoms with Gasteiger partial charge in [-0.3, -0.25) is 4.79 Å². The van der Waals surface area contributed by atoms with Gasteiger partial charge < -0.3 is 11.1 Å². The van der Waals surface area contributed by atoms with Crippen LogP contribution in [0.2, 0.25) is 0 Å². The lowest BCUT2D eigenvalue weighted by atomic mass is 9.85. The molecule has 1 heterocycles. The van der Waals surface area contributed by atoms with E-state index in [0.29, 0.717) is 12.2 Å². The van der Waals surface area contributed by atoms with E-state index in [0.717, 1.165) is 70.0 Å². The van der Waals surface area contributed by atoms with Crippen LogP contribution in [-0.2, 0) is 30.5 Å². The number of nitrogens with zero attached hydrogens (tertiary/aromatic N) is 2. The second kappa shape index (κ2) is 10.3. The van der Waals surface area contributed by atoms with Crippen LogP contribution in [0.25, 0.3) is 11.3 Å². The molecular weight excluding hydrogens is 488 g/mol. The number of carbonyl (C=O) groups is 1. The third kappa shape index (κ3) is 5.33. The Kier molecular flexibility index (Phi) is 6.95. The molecule has 1 aromatic heterocycles. The van der Waals surface area contributed by atoms with Crippen LogP contribution >= 0.6 is 15.9 Å². The summed E-state index contributed by atoms with van der Waals surface area (Å²) in [5.74, 6) is 1.32. The summed E-state index contributed by atoms with van der Waals surface area (Å²) < 4.78 is 1.00. The van der Waals surface area contributed by atoms with Gasteiger partial charge in [-0.15, -0.1) is 0 Å². The van der Waals surface area contributed by atoms with Crippen molar-refractivity contribution in [3.8, 4) is 11.3 Å². The maximum absolute atomic E-state index is 12.9. The standard InChI is InChI=1S/C28H31BrN4O/c29-21-10-6-19(7-11-21)16-26(34)33-28-25(14-8-18-4-2-1-3-5-18)31-27-23-13-12-22(30)17-20(23)9-15-24(27)32-28/h6-7,10-13,17-18H,1-5,8-9,14-16,30H2,(H,32,33,34). The monoisotopic (exact) mass is 518 g/mol. The Morgan fingerprint density at radius 3 is 2.62 bits per heavy atom. The van der Waals surface area contributed by atoms with Crippen LogP contribution in [-0.4, -0.2) is 15.9 Å². The molecule has 34 heavy (non-hydrogen) atoms. The molecule has 0 saturated heterocycles. The highest BCUT2D eigenvalue weighted by molar-refractivity contribution is 9.10. The maximum atomic E-state index is 12.9. The lowest BCUT2D eigenvalue weighted by molar-refractivity contribution is -0.115. The molecule has 2 aliphatic rings. The zero-order valence-corrected chi connectivity index (χ0v) is 21.0. The third-order valence-electron chi connectivity index (χ3n) is 7.11. The van der Waals surface area contributed by atoms with Crippen molar-refractivity contribution in [2.24, 2.45) is 5.92 Å². The van der Waals surface area contributed by atoms with Crippen LogP contribution in [0, 0.1) is 5.92 Å². The number of carbonyl (C=O) groups excluding carboxylic acids is 1. The third-order valence-corrected chi connectivity index (χ3v) is 7.63. The Morgan fingerprint density at radius 2 is 1.82 bits per heavy atom. The predicted molar refractivity (Wildman–Crippen MR) is 141 cm³/mol. The molecule has 5 rings (SSSR count). The van der Waals surface area contributed by atoms with Crippen LogP contribution in [0.5, 0.6) is 0 Å². The molecule has 0 atom stereocenters. The van der Waals surface area contributed by atoms with Crippen LogP contribution in [0.3, 0.4) is 0 Å². The lowest BCUT2D eigenvalue weighted by Gasteiger charge is -2.23. The van der Waals surface area contributed by atoms with Gasteiger partial charge in [0.25, 0.3) is 0 Å². The van der Waals surface area contributed by atoms with Crippen molar-refractivity contribution in [1.82, 2.24) is 9.97 Å². The molecule has 1 saturated carbocycles. The molecule has 0 unspecified atom stereocenters. The molecule has 1 amide bonds. The minimum absolute atomic E-state index is 0.0560. The van der Waals surface area contributed by atoms with Crippen molar-refractivity contribution in [2.75, 3.05) is 11.1 Å². The van der Waals surface area contributed by atoms with E-state index in [1.165, 1.54) is 37.7 Å². The summed E-state index contributed by atoms with van der Waals surface area (Å²) in [6.07, 6.45) is 10.5. The first kappa shape index (κ1) is 23.0. The van der Waals surface area contributed by atoms with Gasteiger partial charge in [0.15, 0.2) is 5.82 Å². The molecule has 3 aromatic rings. The molecule has 3 N–H and O–H groups in total. The van der Waals surface area contributed by atoms with Crippen molar-refractivity contribution >= 4 is 33.3 Å². The smallest absolute Gasteiger partial charge is 0.229 e. The summed E-state index contributed by atoms with van der Waals surface area (Å²) in [5.41, 5.74) is 12.9. The van der Waals surface area contributed by atoms with Gasteiger partial charge in [0, 0.05) is 15.7 Å². The molecule has 6 heteroatoms. The number of aromatic nitrogens is 2. The van der Waals surface area contributed by atoms with Crippen molar-refractivity contribution in [3.05, 3.63) is 69.5 Å². The number of aryl methyl sites for hydroxylation is 3. The van der Waals surface area contributed by atoms with Gasteiger partial charge >= 0.3 is 0 Å². The van der Waals surface area contributed by atoms with Gasteiger partial charge in [-0.25, -0.2) is 9.97 Å². The zero-order valence-electron chi connectivity index (χ0n) is 19.4. The highest BCUT2D eigenvalue weighted by atomic mass is 79.9. The van der Waals surface area contributed by atoms with Gasteiger partial charge in [-0.2, -0.15) is 0 Å². The Bertz CT molecular complexity index is 1190. The molecule has 0 bridgehead atoms. The summed E-state index contributed by atoms with van der Waals surface area (Å²) in [6, 6.07) is 13.9. The fraction of sp³-hybridized carbons (Fsp3) is 0.393. The van der Waals surface area contributed by atoms with Gasteiger partial charge in [0.05, 0.1) is 23.5 Å². The van der Waals surface area contributed by atoms with Crippen LogP contribution in [0.4, 0.5) is 11.5 Å². The number of nitrogen functional groups attached to an aromatic ring is 1. The molecule has 1 fully saturated rings. The highest BCUT2D eigenvalue weighted by Crippen LogP contribution is 2.35. The molecule has 0 aliphatic heterocycles. The summed E-state index contributed by atoms with van der Waals surface area (Å²) in [6.45, 7) is 0. The van der Waals surface area contributed by atoms with Crippen LogP contribution in [0.1, 0.15) is 61.0 Å². The van der Waals surface area contributed by atoms with E-state index in [4.69, 9.17) is 15.7 Å². The summed E-state index contributed by atoms with van der Waals surface area (Å²) in [4.78, 5) is 23.0. The fourth-order valence-corrected chi connectivity index (χ4v) is 5.52. The Labute approximate surface area is 209 Å². The van der Waals surface area contributed by atoms with Crippen LogP contribution in [0.15, 0.2) is 46.9 Å². The van der Waals surface area contributed by atoms with Gasteiger partial charge in [-0.1, -0.05) is 66.2 Å². The fourth-order valence-electron chi connectivity index (χ4n) is 5.25. The van der Waals surface area contributed by atoms with E-state index >= 15 is 0 Å². The Hall–Kier alpha value is -2.73. The number of nitrogens with one attached hydrogen (secondary N) is 1. The lowest BCUT2D eigenvalue weighted by Crippen LogP contribution is -2.20. The Balaban J connectivity index is 1.42. The number of anilines is 2. The van der Waals surface area contributed by atoms with E-state index in [-0.39, 0.29) is 5.91 Å². The average molecular weight is 519 g/mol. The van der Waals surface area contributed by atoms with Crippen molar-refractivity contribution < 1.29 is 4.79 Å². The average Bonchev–Trinajstić information content (AvgIpc) is 2.84. The quantitative estimate of drug-likeness (QED) is 0.376. The van der Waals surface area contributed by atoms with E-state index in [2.05, 4.69) is 33.4 Å². The first-order valence-corrected chi connectivity index (χ1v) is 13.2. The molecule has 0 spiro atoms. The first-order valence-electron chi connectivity index (χ1n) is 12.4. The number of hydrogen-bond donors (Lipinski definition) is 2. The number of benzene rings is 2. The van der Waals surface area contributed by atoms with Crippen LogP contribution < -0.4 is 11.1 Å². The number of amides is 1. The molecule has 2 aromatic carbocycles. The van der Waals surface area contributed by atoms with Gasteiger partial charge in [0.1, 0.15) is 0 Å². The molecule has 176 valence electrons. The number of halogens is 1. The summed E-state index contributed by atoms with van der Waals surface area (Å²) >= 11 is 3.45. The second-order valence-corrected chi connectivity index (χ2v) is 10.5. The van der Waals surface area contributed by atoms with Crippen molar-refractivity contribution in [2.45, 2.75) is 64.2 Å². The van der Waals surface area contributed by atoms with E-state index in [1.807, 2.05) is 30.3 Å². The van der Waals surface area contributed by atoms with Gasteiger partial charge in [-0.05, 0) is 67.0 Å². The first-order chi connectivity index (χ1) is 16.5. The predicted octanol–water partition coefficient (Wildman–Crippen LogP) is 6.28. The molecule has 5 nitrogen and oxygen atoms in total. The van der Waals surface area contributed by atoms with Crippen molar-refractivity contribution in [3.63, 3.8) is 0 Å². The van der Waals surface area contributed by atoms with Gasteiger partial charge in [0.2, 0.25) is 5.91 Å². The van der Waals surface area contributed by atoms with E-state index < -0.39 is 0 Å². The number of rotatable bonds is 6. The summed E-state index contributed by atoms with van der Waals surface area (Å²) in [5, 5.41) is 3.10. The highest BCUT2D eigenvalue weighted by Gasteiger charge is 2.23. The molecule has 2 aliphatic carbocycles. The normalized spacial score (nSPS) is 15.4. The number of hydrogen-bond acceptors (Lipinski definition) is 4. The molecular formula is C28H31BrN4O. The number of nitrogens with two attached hydrogens (primary N) is 1. The SMILES string of the molecule is Nc1ccc2c(c1)CCc1nc(NC(=O)Cc3ccc(Br)cc3)c(CCC3CCCCC3)nc1-2. The summed E-state index contributed by atoms with van der Waals surface area (Å²) in [7, 11) is 0. The second-order valence-electron chi connectivity index (χ2n) is 9.62. The van der Waals surface area contributed by atoms with Crippen molar-refractivity contribution in [1.29, 1.82) is 0 Å². The minimum Gasteiger partial charge on any atom is -0.399 e. The largest absolute Gasteiger partial charge is 0.399 e. The Morgan fingerprint density at radius 1 is 1.03 bits per heavy atom. The maximum Gasteiger partial charge on any atom is 0.229 e. The van der Waals surface area contributed by atoms with E-state index in [1.54, 1.807) is 0 Å². The molecule has 0 radical (unpaired) electrons. The minimum atomic E-state index is -0.0560. The van der Waals surface area contributed by atoms with E-state index in [9.17, 15) is 4.79 Å². The topological polar surface area (TPSA) is 80.9 Å².